The van der Waals surface area contributed by atoms with Crippen molar-refractivity contribution in [3.63, 3.8) is 0 Å². The number of ether oxygens (including phenoxy) is 4. The number of fused-ring (bicyclic) bond motifs is 2. The van der Waals surface area contributed by atoms with Crippen molar-refractivity contribution in [1.82, 2.24) is 45.2 Å². The highest BCUT2D eigenvalue weighted by atomic mass is 32.1. The maximum Gasteiger partial charge on any atom is 0.308 e. The Morgan fingerprint density at radius 2 is 1.11 bits per heavy atom. The second-order valence-electron chi connectivity index (χ2n) is 17.3. The Bertz CT molecular complexity index is 3130. The number of carbonyl (C=O) groups excluding carboxylic acids is 1. The van der Waals surface area contributed by atoms with Crippen LogP contribution in [-0.2, 0) is 22.4 Å². The molecule has 2 saturated heterocycles. The maximum absolute atomic E-state index is 12.9. The smallest absolute Gasteiger partial charge is 0.308 e. The number of aromatic nitrogens is 8. The molecule has 2 fully saturated rings. The zero-order valence-electron chi connectivity index (χ0n) is 42.1. The molecule has 75 heavy (non-hydrogen) atoms. The van der Waals surface area contributed by atoms with E-state index in [0.717, 1.165) is 71.8 Å². The molecule has 0 bridgehead atoms. The van der Waals surface area contributed by atoms with Crippen molar-refractivity contribution < 1.29 is 33.6 Å². The van der Waals surface area contributed by atoms with Crippen LogP contribution in [0.4, 0.5) is 34.9 Å². The van der Waals surface area contributed by atoms with Gasteiger partial charge in [-0.3, -0.25) is 19.6 Å². The Kier molecular flexibility index (Phi) is 18.7. The molecular weight excluding hydrogens is 997 g/mol. The van der Waals surface area contributed by atoms with Gasteiger partial charge in [-0.1, -0.05) is 0 Å². The summed E-state index contributed by atoms with van der Waals surface area (Å²) in [7, 11) is 6.38. The molecule has 2 unspecified atom stereocenters. The largest absolute Gasteiger partial charge is 0.493 e. The maximum atomic E-state index is 12.9. The van der Waals surface area contributed by atoms with Gasteiger partial charge >= 0.3 is 5.97 Å². The number of nitrogens with one attached hydrogen (secondary N) is 3. The highest BCUT2D eigenvalue weighted by Crippen LogP contribution is 2.36. The number of anilines is 6. The third-order valence-corrected chi connectivity index (χ3v) is 13.9. The van der Waals surface area contributed by atoms with Gasteiger partial charge in [0, 0.05) is 81.0 Å². The highest BCUT2D eigenvalue weighted by Gasteiger charge is 2.29. The Morgan fingerprint density at radius 1 is 0.640 bits per heavy atom. The van der Waals surface area contributed by atoms with Gasteiger partial charge < -0.3 is 55.5 Å². The standard InChI is InChI=1S/C26H29N7O3S.C19H21N5O4S.C7H10N2/c1-35-20-6-5-19(14-21(20)36-2)30-23-22-25(37-16-29-22)32-26(31-23)33-13-3-4-18(15-33)24(34)28-12-9-17-7-10-27-11-8-17;1-27-13-6-5-12(8-14(13)28-2)21-16-15-17(29-10-20-15)23-19(22-16)24-7-3-4-11(9-24)18(25)26;8-4-1-7-2-5-9-6-3-7/h5-8,10-11,14,16,18H,3-4,9,12-13,15H2,1-2H3,(H,28,34)(H,30,31,32);5-6,8,10-11H,3-4,7,9H2,1-2H3,(H,25,26)(H,21,22,23);2-3,5-6H,1,4,8H2. The first-order valence-electron chi connectivity index (χ1n) is 24.4. The molecule has 2 aliphatic heterocycles. The third-order valence-electron chi connectivity index (χ3n) is 12.4. The van der Waals surface area contributed by atoms with Crippen LogP contribution in [0.5, 0.6) is 23.0 Å². The summed E-state index contributed by atoms with van der Waals surface area (Å²) in [5.74, 6) is 3.53. The number of rotatable bonds is 17. The van der Waals surface area contributed by atoms with Crippen molar-refractivity contribution >= 4 is 90.2 Å². The van der Waals surface area contributed by atoms with Gasteiger partial charge in [0.15, 0.2) is 44.3 Å². The van der Waals surface area contributed by atoms with Gasteiger partial charge in [0.1, 0.15) is 11.0 Å². The van der Waals surface area contributed by atoms with E-state index in [1.165, 1.54) is 28.2 Å². The van der Waals surface area contributed by atoms with Gasteiger partial charge in [-0.25, -0.2) is 9.97 Å². The van der Waals surface area contributed by atoms with Crippen molar-refractivity contribution in [2.24, 2.45) is 17.6 Å². The highest BCUT2D eigenvalue weighted by molar-refractivity contribution is 7.16. The fraction of sp³-hybridized carbons (Fsp3) is 0.346. The first-order chi connectivity index (χ1) is 36.7. The molecule has 6 N–H and O–H groups in total. The van der Waals surface area contributed by atoms with E-state index in [1.807, 2.05) is 65.6 Å². The summed E-state index contributed by atoms with van der Waals surface area (Å²) in [5, 5.41) is 19.1. The lowest BCUT2D eigenvalue weighted by atomic mass is 9.97. The lowest BCUT2D eigenvalue weighted by Crippen LogP contribution is -2.44. The topological polar surface area (TPSA) is 263 Å². The molecule has 8 heterocycles. The molecule has 1 amide bonds. The molecule has 21 nitrogen and oxygen atoms in total. The lowest BCUT2D eigenvalue weighted by Gasteiger charge is -2.32. The normalized spacial score (nSPS) is 15.2. The van der Waals surface area contributed by atoms with E-state index in [0.29, 0.717) is 90.2 Å². The predicted molar refractivity (Wildman–Crippen MR) is 292 cm³/mol. The van der Waals surface area contributed by atoms with Crippen LogP contribution < -0.4 is 50.4 Å². The van der Waals surface area contributed by atoms with Crippen LogP contribution >= 0.6 is 22.7 Å². The zero-order chi connectivity index (χ0) is 52.5. The van der Waals surface area contributed by atoms with Crippen molar-refractivity contribution in [2.45, 2.75) is 38.5 Å². The number of hydrogen-bond donors (Lipinski definition) is 5. The number of aliphatic carboxylic acids is 1. The first kappa shape index (κ1) is 53.3. The van der Waals surface area contributed by atoms with Crippen LogP contribution in [0.15, 0.2) is 96.5 Å². The second kappa shape index (κ2) is 26.3. The van der Waals surface area contributed by atoms with E-state index in [1.54, 1.807) is 64.2 Å². The number of carboxylic acids is 1. The molecule has 8 aromatic rings. The molecule has 392 valence electrons. The molecule has 0 radical (unpaired) electrons. The van der Waals surface area contributed by atoms with E-state index in [9.17, 15) is 14.7 Å². The van der Waals surface area contributed by atoms with Gasteiger partial charge in [0.2, 0.25) is 17.8 Å². The molecule has 10 rings (SSSR count). The fourth-order valence-electron chi connectivity index (χ4n) is 8.53. The van der Waals surface area contributed by atoms with Crippen molar-refractivity contribution in [3.05, 3.63) is 108 Å². The van der Waals surface area contributed by atoms with Crippen LogP contribution in [-0.4, -0.2) is 125 Å². The Labute approximate surface area is 441 Å². The van der Waals surface area contributed by atoms with Gasteiger partial charge in [-0.15, -0.1) is 22.7 Å². The molecule has 6 aromatic heterocycles. The van der Waals surface area contributed by atoms with Crippen molar-refractivity contribution in [2.75, 3.05) is 88.1 Å². The summed E-state index contributed by atoms with van der Waals surface area (Å²) in [6, 6.07) is 19.0. The minimum absolute atomic E-state index is 0.0706. The number of amides is 1. The summed E-state index contributed by atoms with van der Waals surface area (Å²) in [6.45, 7) is 3.80. The van der Waals surface area contributed by atoms with Crippen LogP contribution in [0.25, 0.3) is 20.7 Å². The van der Waals surface area contributed by atoms with Crippen LogP contribution in [0.3, 0.4) is 0 Å². The predicted octanol–water partition coefficient (Wildman–Crippen LogP) is 7.55. The number of nitrogens with zero attached hydrogens (tertiary/aromatic N) is 10. The Hall–Kier alpha value is -8.02. The second-order valence-corrected chi connectivity index (χ2v) is 19.0. The summed E-state index contributed by atoms with van der Waals surface area (Å²) < 4.78 is 21.4. The number of piperidine rings is 2. The van der Waals surface area contributed by atoms with Crippen LogP contribution in [0, 0.1) is 11.8 Å². The quantitative estimate of drug-likeness (QED) is 0.0589. The summed E-state index contributed by atoms with van der Waals surface area (Å²) >= 11 is 2.88. The van der Waals surface area contributed by atoms with Gasteiger partial charge in [-0.05, 0) is 105 Å². The van der Waals surface area contributed by atoms with Crippen molar-refractivity contribution in [1.29, 1.82) is 0 Å². The van der Waals surface area contributed by atoms with E-state index in [2.05, 4.69) is 50.8 Å². The van der Waals surface area contributed by atoms with Gasteiger partial charge in [0.05, 0.1) is 51.3 Å². The lowest BCUT2D eigenvalue weighted by molar-refractivity contribution is -0.142. The van der Waals surface area contributed by atoms with E-state index >= 15 is 0 Å². The van der Waals surface area contributed by atoms with Crippen LogP contribution in [0.1, 0.15) is 36.8 Å². The molecule has 0 saturated carbocycles. The summed E-state index contributed by atoms with van der Waals surface area (Å²) in [6.07, 6.45) is 12.0. The first-order valence-corrected chi connectivity index (χ1v) is 26.1. The monoisotopic (exact) mass is 1060 g/mol. The Balaban J connectivity index is 0.000000174. The summed E-state index contributed by atoms with van der Waals surface area (Å²) in [4.78, 5) is 65.5. The fourth-order valence-corrected chi connectivity index (χ4v) is 9.84. The average molecular weight is 1060 g/mol. The zero-order valence-corrected chi connectivity index (χ0v) is 43.8. The van der Waals surface area contributed by atoms with Gasteiger partial charge in [-0.2, -0.15) is 19.9 Å². The number of carbonyl (C=O) groups is 2. The van der Waals surface area contributed by atoms with Gasteiger partial charge in [0.25, 0.3) is 0 Å². The SMILES string of the molecule is COc1ccc(Nc2nc(N3CCCC(C(=O)NCCc4ccncc4)C3)nc3scnc23)cc1OC.COc1ccc(Nc2nc(N3CCCC(C(=O)O)C3)nc3scnc23)cc1OC.NCCc1ccncc1. The Morgan fingerprint density at radius 3 is 1.57 bits per heavy atom. The average Bonchev–Trinajstić information content (AvgIpc) is 4.15. The minimum Gasteiger partial charge on any atom is -0.493 e. The molecular formula is C52H60N14O7S2. The van der Waals surface area contributed by atoms with E-state index in [-0.39, 0.29) is 11.8 Å². The molecule has 0 aliphatic carbocycles. The van der Waals surface area contributed by atoms with E-state index < -0.39 is 11.9 Å². The number of methoxy groups -OCH3 is 4. The number of pyridine rings is 2. The molecule has 2 atom stereocenters. The van der Waals surface area contributed by atoms with Crippen LogP contribution in [0.2, 0.25) is 0 Å². The molecule has 2 aromatic carbocycles. The number of nitrogens with two attached hydrogens (primary N) is 1. The molecule has 23 heteroatoms. The van der Waals surface area contributed by atoms with E-state index in [4.69, 9.17) is 34.6 Å². The molecule has 2 aliphatic rings. The van der Waals surface area contributed by atoms with Crippen molar-refractivity contribution in [3.8, 4) is 23.0 Å². The number of carboxylic acid groups (broad SMARTS) is 1. The summed E-state index contributed by atoms with van der Waals surface area (Å²) in [5.41, 5.74) is 14.2. The number of benzene rings is 2. The number of thiazole rings is 2. The molecule has 0 spiro atoms. The third kappa shape index (κ3) is 14.0. The number of hydrogen-bond acceptors (Lipinski definition) is 21. The minimum atomic E-state index is -0.780.